The minimum atomic E-state index is -1.04. The predicted molar refractivity (Wildman–Crippen MR) is 120 cm³/mol. The van der Waals surface area contributed by atoms with Gasteiger partial charge in [-0.3, -0.25) is 19.2 Å². The maximum Gasteiger partial charge on any atom is 0.306 e. The molecule has 1 aromatic rings. The fourth-order valence-corrected chi connectivity index (χ4v) is 6.38. The van der Waals surface area contributed by atoms with Crippen LogP contribution in [0.5, 0.6) is 5.75 Å². The average Bonchev–Trinajstić information content (AvgIpc) is 3.00. The summed E-state index contributed by atoms with van der Waals surface area (Å²) in [6, 6.07) is 7.45. The van der Waals surface area contributed by atoms with E-state index in [1.54, 1.807) is 14.0 Å². The number of cyclic esters (lactones) is 1. The molecule has 2 aliphatic carbocycles. The first kappa shape index (κ1) is 23.5. The van der Waals surface area contributed by atoms with Crippen LogP contribution in [0.4, 0.5) is 0 Å². The van der Waals surface area contributed by atoms with Crippen molar-refractivity contribution < 1.29 is 28.7 Å². The molecule has 1 amide bonds. The summed E-state index contributed by atoms with van der Waals surface area (Å²) in [4.78, 5) is 51.0. The minimum Gasteiger partial charge on any atom is -0.497 e. The Morgan fingerprint density at radius 1 is 1.12 bits per heavy atom. The highest BCUT2D eigenvalue weighted by molar-refractivity contribution is 5.95. The molecule has 1 aromatic carbocycles. The number of Topliss-reactive ketones (excluding diaryl/α,β-unsaturated/α-hetero) is 2. The fraction of sp³-hybridized carbons (Fsp3) is 0.615. The van der Waals surface area contributed by atoms with Gasteiger partial charge in [-0.1, -0.05) is 19.1 Å². The predicted octanol–water partition coefficient (Wildman–Crippen LogP) is 3.38. The molecular weight excluding hydrogens is 422 g/mol. The number of fused-ring (bicyclic) bond motifs is 3. The maximum absolute atomic E-state index is 13.4. The van der Waals surface area contributed by atoms with Crippen molar-refractivity contribution in [3.63, 3.8) is 0 Å². The van der Waals surface area contributed by atoms with E-state index in [1.807, 2.05) is 31.2 Å². The third kappa shape index (κ3) is 4.42. The van der Waals surface area contributed by atoms with Crippen LogP contribution in [-0.4, -0.2) is 36.2 Å². The summed E-state index contributed by atoms with van der Waals surface area (Å²) in [5.41, 5.74) is -0.717. The van der Waals surface area contributed by atoms with Crippen LogP contribution >= 0.6 is 0 Å². The average molecular weight is 456 g/mol. The summed E-state index contributed by atoms with van der Waals surface area (Å²) >= 11 is 0. The Bertz CT molecular complexity index is 956. The van der Waals surface area contributed by atoms with Gasteiger partial charge >= 0.3 is 5.97 Å². The Labute approximate surface area is 194 Å². The van der Waals surface area contributed by atoms with E-state index >= 15 is 0 Å². The van der Waals surface area contributed by atoms with E-state index in [4.69, 9.17) is 9.47 Å². The SMILES string of the molecule is COc1ccc(CNC(=O)CC[C@@]2(C)OC(=O)CC[C@@H]3C2C(=O)C[C@]2(C)C(=O)CCC32)cc1. The van der Waals surface area contributed by atoms with Crippen molar-refractivity contribution in [3.8, 4) is 5.75 Å². The normalized spacial score (nSPS) is 33.5. The van der Waals surface area contributed by atoms with Crippen LogP contribution < -0.4 is 10.1 Å². The molecule has 3 fully saturated rings. The zero-order chi connectivity index (χ0) is 23.8. The number of nitrogens with one attached hydrogen (secondary N) is 1. The topological polar surface area (TPSA) is 98.8 Å². The highest BCUT2D eigenvalue weighted by atomic mass is 16.6. The molecule has 1 N–H and O–H groups in total. The number of hydrogen-bond acceptors (Lipinski definition) is 6. The summed E-state index contributed by atoms with van der Waals surface area (Å²) in [5.74, 6) is -0.0353. The van der Waals surface area contributed by atoms with Gasteiger partial charge in [0.05, 0.1) is 13.0 Å². The number of carbonyl (C=O) groups excluding carboxylic acids is 4. The largest absolute Gasteiger partial charge is 0.497 e. The molecule has 178 valence electrons. The highest BCUT2D eigenvalue weighted by Gasteiger charge is 2.61. The van der Waals surface area contributed by atoms with Crippen molar-refractivity contribution in [3.05, 3.63) is 29.8 Å². The molecule has 2 unspecified atom stereocenters. The van der Waals surface area contributed by atoms with E-state index in [2.05, 4.69) is 5.32 Å². The lowest BCUT2D eigenvalue weighted by atomic mass is 9.55. The van der Waals surface area contributed by atoms with Crippen molar-refractivity contribution in [2.75, 3.05) is 7.11 Å². The first-order valence-corrected chi connectivity index (χ1v) is 11.8. The van der Waals surface area contributed by atoms with Crippen LogP contribution in [-0.2, 0) is 30.5 Å². The third-order valence-electron chi connectivity index (χ3n) is 8.15. The molecule has 4 rings (SSSR count). The molecular formula is C26H33NO6. The first-order chi connectivity index (χ1) is 15.7. The van der Waals surface area contributed by atoms with Crippen molar-refractivity contribution in [1.82, 2.24) is 5.32 Å². The Hall–Kier alpha value is -2.70. The number of amides is 1. The van der Waals surface area contributed by atoms with E-state index < -0.39 is 16.9 Å². The van der Waals surface area contributed by atoms with Gasteiger partial charge in [0.1, 0.15) is 22.9 Å². The summed E-state index contributed by atoms with van der Waals surface area (Å²) < 4.78 is 11.0. The number of esters is 1. The molecule has 7 nitrogen and oxygen atoms in total. The molecule has 0 bridgehead atoms. The second-order valence-corrected chi connectivity index (χ2v) is 10.2. The Kier molecular flexibility index (Phi) is 6.34. The monoisotopic (exact) mass is 455 g/mol. The number of carbonyl (C=O) groups is 4. The number of benzene rings is 1. The lowest BCUT2D eigenvalue weighted by Gasteiger charge is -2.48. The second kappa shape index (κ2) is 8.92. The Balaban J connectivity index is 1.45. The van der Waals surface area contributed by atoms with E-state index in [1.165, 1.54) is 0 Å². The van der Waals surface area contributed by atoms with Gasteiger partial charge in [-0.2, -0.15) is 0 Å². The number of ether oxygens (including phenoxy) is 2. The molecule has 1 aliphatic heterocycles. The Morgan fingerprint density at radius 3 is 2.55 bits per heavy atom. The first-order valence-electron chi connectivity index (χ1n) is 11.8. The van der Waals surface area contributed by atoms with Gasteiger partial charge in [0, 0.05) is 37.6 Å². The van der Waals surface area contributed by atoms with Gasteiger partial charge in [-0.25, -0.2) is 0 Å². The van der Waals surface area contributed by atoms with Crippen LogP contribution in [0.2, 0.25) is 0 Å². The highest BCUT2D eigenvalue weighted by Crippen LogP contribution is 2.57. The summed E-state index contributed by atoms with van der Waals surface area (Å²) in [6.45, 7) is 4.09. The van der Waals surface area contributed by atoms with E-state index in [9.17, 15) is 19.2 Å². The van der Waals surface area contributed by atoms with Gasteiger partial charge in [0.2, 0.25) is 5.91 Å². The molecule has 0 spiro atoms. The molecule has 2 saturated carbocycles. The molecule has 1 saturated heterocycles. The molecule has 5 atom stereocenters. The summed E-state index contributed by atoms with van der Waals surface area (Å²) in [6.07, 6.45) is 2.69. The molecule has 33 heavy (non-hydrogen) atoms. The molecule has 7 heteroatoms. The molecule has 0 aromatic heterocycles. The molecule has 1 heterocycles. The zero-order valence-corrected chi connectivity index (χ0v) is 19.6. The van der Waals surface area contributed by atoms with Gasteiger partial charge in [0.15, 0.2) is 0 Å². The van der Waals surface area contributed by atoms with Crippen LogP contribution in [0.15, 0.2) is 24.3 Å². The van der Waals surface area contributed by atoms with Crippen LogP contribution in [0.25, 0.3) is 0 Å². The van der Waals surface area contributed by atoms with Crippen molar-refractivity contribution in [1.29, 1.82) is 0 Å². The number of ketones is 2. The smallest absolute Gasteiger partial charge is 0.306 e. The Morgan fingerprint density at radius 2 is 1.85 bits per heavy atom. The van der Waals surface area contributed by atoms with Crippen LogP contribution in [0.3, 0.4) is 0 Å². The fourth-order valence-electron chi connectivity index (χ4n) is 6.38. The third-order valence-corrected chi connectivity index (χ3v) is 8.15. The summed E-state index contributed by atoms with van der Waals surface area (Å²) in [7, 11) is 1.60. The van der Waals surface area contributed by atoms with Crippen LogP contribution in [0, 0.1) is 23.2 Å². The van der Waals surface area contributed by atoms with E-state index in [0.717, 1.165) is 17.7 Å². The number of methoxy groups -OCH3 is 1. The summed E-state index contributed by atoms with van der Waals surface area (Å²) in [5, 5.41) is 2.90. The van der Waals surface area contributed by atoms with Gasteiger partial charge in [-0.05, 0) is 55.7 Å². The number of rotatable bonds is 6. The van der Waals surface area contributed by atoms with Crippen molar-refractivity contribution in [2.24, 2.45) is 23.2 Å². The van der Waals surface area contributed by atoms with Gasteiger partial charge < -0.3 is 14.8 Å². The number of hydrogen-bond donors (Lipinski definition) is 1. The minimum absolute atomic E-state index is 0.00941. The van der Waals surface area contributed by atoms with E-state index in [0.29, 0.717) is 19.4 Å². The van der Waals surface area contributed by atoms with Crippen molar-refractivity contribution >= 4 is 23.4 Å². The van der Waals surface area contributed by atoms with Gasteiger partial charge in [-0.15, -0.1) is 0 Å². The van der Waals surface area contributed by atoms with Gasteiger partial charge in [0.25, 0.3) is 0 Å². The standard InChI is InChI=1S/C26H33NO6/c1-25-14-20(28)24-18(19(25)9-10-21(25)29)8-11-23(31)33-26(24,2)13-12-22(30)27-15-16-4-6-17(32-3)7-5-16/h4-7,18-19,24H,8-15H2,1-3H3,(H,27,30)/t18-,19?,24?,25-,26+/m0/s1. The maximum atomic E-state index is 13.4. The zero-order valence-electron chi connectivity index (χ0n) is 19.6. The molecule has 0 radical (unpaired) electrons. The lowest BCUT2D eigenvalue weighted by molar-refractivity contribution is -0.172. The van der Waals surface area contributed by atoms with Crippen molar-refractivity contribution in [2.45, 2.75) is 70.9 Å². The van der Waals surface area contributed by atoms with Crippen LogP contribution in [0.1, 0.15) is 64.4 Å². The quantitative estimate of drug-likeness (QED) is 0.661. The second-order valence-electron chi connectivity index (χ2n) is 10.2. The lowest BCUT2D eigenvalue weighted by Crippen LogP contribution is -2.54. The van der Waals surface area contributed by atoms with E-state index in [-0.39, 0.29) is 61.0 Å². The molecule has 3 aliphatic rings.